The molecule has 0 spiro atoms. The predicted molar refractivity (Wildman–Crippen MR) is 260 cm³/mol. The molecular formula is C55H96O4. The van der Waals surface area contributed by atoms with Crippen LogP contribution in [0, 0.1) is 0 Å². The molecule has 0 aliphatic rings. The van der Waals surface area contributed by atoms with Gasteiger partial charge < -0.3 is 14.6 Å². The van der Waals surface area contributed by atoms with Crippen LogP contribution in [0.1, 0.15) is 232 Å². The predicted octanol–water partition coefficient (Wildman–Crippen LogP) is 17.1. The first-order valence-electron chi connectivity index (χ1n) is 25.2. The van der Waals surface area contributed by atoms with Gasteiger partial charge in [0.05, 0.1) is 13.2 Å². The number of hydrogen-bond acceptors (Lipinski definition) is 4. The smallest absolute Gasteiger partial charge is 0.306 e. The maximum Gasteiger partial charge on any atom is 0.306 e. The first-order chi connectivity index (χ1) is 29.2. The summed E-state index contributed by atoms with van der Waals surface area (Å²) < 4.78 is 11.2. The first-order valence-corrected chi connectivity index (χ1v) is 25.2. The molecule has 0 heterocycles. The van der Waals surface area contributed by atoms with Gasteiger partial charge in [0, 0.05) is 13.0 Å². The molecule has 0 amide bonds. The van der Waals surface area contributed by atoms with Crippen LogP contribution in [0.2, 0.25) is 0 Å². The van der Waals surface area contributed by atoms with Crippen LogP contribution in [0.15, 0.2) is 85.1 Å². The second-order valence-electron chi connectivity index (χ2n) is 16.5. The summed E-state index contributed by atoms with van der Waals surface area (Å²) in [6, 6.07) is 0. The second-order valence-corrected chi connectivity index (χ2v) is 16.5. The molecule has 0 radical (unpaired) electrons. The SMILES string of the molecule is CC/C=C\C/C=C\C/C=C\C/C=C\C/C=C\C/C=C\C/C=C\CCCCCC(=O)OC(CO)COCCCCCCCCCCCCCCCCCCCCCCCC. The molecule has 0 aliphatic carbocycles. The Bertz CT molecular complexity index is 1050. The van der Waals surface area contributed by atoms with Crippen LogP contribution in [0.25, 0.3) is 0 Å². The van der Waals surface area contributed by atoms with E-state index in [0.29, 0.717) is 13.0 Å². The highest BCUT2D eigenvalue weighted by Crippen LogP contribution is 2.15. The Labute approximate surface area is 367 Å². The van der Waals surface area contributed by atoms with Gasteiger partial charge in [-0.25, -0.2) is 0 Å². The summed E-state index contributed by atoms with van der Waals surface area (Å²) in [5, 5.41) is 9.64. The minimum Gasteiger partial charge on any atom is -0.457 e. The Morgan fingerprint density at radius 2 is 0.763 bits per heavy atom. The molecule has 59 heavy (non-hydrogen) atoms. The molecule has 0 aromatic rings. The molecule has 4 heteroatoms. The van der Waals surface area contributed by atoms with E-state index >= 15 is 0 Å². The maximum absolute atomic E-state index is 12.3. The topological polar surface area (TPSA) is 55.8 Å². The lowest BCUT2D eigenvalue weighted by Crippen LogP contribution is -2.27. The van der Waals surface area contributed by atoms with E-state index < -0.39 is 6.10 Å². The minimum absolute atomic E-state index is 0.188. The molecule has 0 saturated carbocycles. The Hall–Kier alpha value is -2.43. The number of allylic oxidation sites excluding steroid dienone is 14. The van der Waals surface area contributed by atoms with Gasteiger partial charge in [0.2, 0.25) is 0 Å². The lowest BCUT2D eigenvalue weighted by atomic mass is 10.0. The third-order valence-corrected chi connectivity index (χ3v) is 10.7. The van der Waals surface area contributed by atoms with E-state index in [9.17, 15) is 9.90 Å². The molecule has 0 aromatic carbocycles. The maximum atomic E-state index is 12.3. The van der Waals surface area contributed by atoms with Gasteiger partial charge in [0.1, 0.15) is 6.10 Å². The monoisotopic (exact) mass is 821 g/mol. The van der Waals surface area contributed by atoms with E-state index in [1.807, 2.05) is 0 Å². The Balaban J connectivity index is 3.51. The highest BCUT2D eigenvalue weighted by Gasteiger charge is 2.13. The van der Waals surface area contributed by atoms with Crippen LogP contribution in [0.5, 0.6) is 0 Å². The van der Waals surface area contributed by atoms with Crippen LogP contribution >= 0.6 is 0 Å². The number of rotatable bonds is 46. The van der Waals surface area contributed by atoms with Gasteiger partial charge >= 0.3 is 5.97 Å². The van der Waals surface area contributed by atoms with Crippen molar-refractivity contribution in [3.63, 3.8) is 0 Å². The van der Waals surface area contributed by atoms with E-state index in [0.717, 1.165) is 77.0 Å². The van der Waals surface area contributed by atoms with E-state index in [1.54, 1.807) is 0 Å². The quantitative estimate of drug-likeness (QED) is 0.0378. The summed E-state index contributed by atoms with van der Waals surface area (Å²) in [6.45, 7) is 5.22. The van der Waals surface area contributed by atoms with Crippen molar-refractivity contribution in [2.45, 2.75) is 238 Å². The molecule has 1 unspecified atom stereocenters. The molecule has 0 bridgehead atoms. The fourth-order valence-corrected chi connectivity index (χ4v) is 7.02. The number of aliphatic hydroxyl groups excluding tert-OH is 1. The summed E-state index contributed by atoms with van der Waals surface area (Å²) in [4.78, 5) is 12.3. The van der Waals surface area contributed by atoms with E-state index in [2.05, 4.69) is 98.9 Å². The van der Waals surface area contributed by atoms with Crippen LogP contribution in [-0.2, 0) is 14.3 Å². The van der Waals surface area contributed by atoms with Crippen molar-refractivity contribution < 1.29 is 19.4 Å². The van der Waals surface area contributed by atoms with Crippen molar-refractivity contribution >= 4 is 5.97 Å². The number of ether oxygens (including phenoxy) is 2. The molecule has 340 valence electrons. The fourth-order valence-electron chi connectivity index (χ4n) is 7.02. The summed E-state index contributed by atoms with van der Waals surface area (Å²) in [7, 11) is 0. The number of carbonyl (C=O) groups excluding carboxylic acids is 1. The zero-order chi connectivity index (χ0) is 42.6. The summed E-state index contributed by atoms with van der Waals surface area (Å²) in [6.07, 6.45) is 72.4. The molecule has 0 aromatic heterocycles. The highest BCUT2D eigenvalue weighted by atomic mass is 16.6. The van der Waals surface area contributed by atoms with Crippen LogP contribution in [0.4, 0.5) is 0 Å². The molecule has 0 rings (SSSR count). The van der Waals surface area contributed by atoms with Gasteiger partial charge in [-0.1, -0.05) is 240 Å². The Morgan fingerprint density at radius 3 is 1.14 bits per heavy atom. The van der Waals surface area contributed by atoms with E-state index in [1.165, 1.54) is 135 Å². The zero-order valence-electron chi connectivity index (χ0n) is 39.0. The fraction of sp³-hybridized carbons (Fsp3) is 0.727. The Morgan fingerprint density at radius 1 is 0.424 bits per heavy atom. The number of carbonyl (C=O) groups is 1. The van der Waals surface area contributed by atoms with Crippen molar-refractivity contribution in [2.24, 2.45) is 0 Å². The third-order valence-electron chi connectivity index (χ3n) is 10.7. The summed E-state index contributed by atoms with van der Waals surface area (Å²) in [5.41, 5.74) is 0. The molecule has 0 fully saturated rings. The normalized spacial score (nSPS) is 13.1. The third kappa shape index (κ3) is 49.8. The zero-order valence-corrected chi connectivity index (χ0v) is 39.0. The average Bonchev–Trinajstić information content (AvgIpc) is 3.24. The number of aliphatic hydroxyl groups is 1. The molecular weight excluding hydrogens is 725 g/mol. The minimum atomic E-state index is -0.556. The number of unbranched alkanes of at least 4 members (excludes halogenated alkanes) is 24. The standard InChI is InChI=1S/C55H96O4/c1-3-5-7-9-11-13-15-17-19-21-23-25-27-28-29-30-32-34-36-38-40-42-44-46-48-50-55(57)59-54(52-56)53-58-51-49-47-45-43-41-39-37-35-33-31-26-24-22-20-18-16-14-12-10-8-6-4-2/h5,7,11,13,17,19,23,25,28-29,32,34,38,40,54,56H,3-4,6,8-10,12,14-16,18,20-22,24,26-27,30-31,33,35-37,39,41-53H2,1-2H3/b7-5-,13-11-,19-17-,25-23-,29-28-,34-32-,40-38-. The van der Waals surface area contributed by atoms with Gasteiger partial charge in [0.15, 0.2) is 0 Å². The average molecular weight is 821 g/mol. The van der Waals surface area contributed by atoms with Gasteiger partial charge in [-0.15, -0.1) is 0 Å². The van der Waals surface area contributed by atoms with Crippen molar-refractivity contribution in [3.8, 4) is 0 Å². The molecule has 0 aliphatic heterocycles. The number of esters is 1. The van der Waals surface area contributed by atoms with E-state index in [-0.39, 0.29) is 19.2 Å². The van der Waals surface area contributed by atoms with Crippen molar-refractivity contribution in [2.75, 3.05) is 19.8 Å². The Kier molecular flexibility index (Phi) is 49.6. The summed E-state index contributed by atoms with van der Waals surface area (Å²) >= 11 is 0. The molecule has 1 atom stereocenters. The van der Waals surface area contributed by atoms with Crippen molar-refractivity contribution in [3.05, 3.63) is 85.1 Å². The van der Waals surface area contributed by atoms with Crippen molar-refractivity contribution in [1.82, 2.24) is 0 Å². The second kappa shape index (κ2) is 51.7. The lowest BCUT2D eigenvalue weighted by Gasteiger charge is -2.15. The summed E-state index contributed by atoms with van der Waals surface area (Å²) in [5.74, 6) is -0.231. The molecule has 4 nitrogen and oxygen atoms in total. The van der Waals surface area contributed by atoms with Gasteiger partial charge in [-0.3, -0.25) is 4.79 Å². The van der Waals surface area contributed by atoms with Crippen LogP contribution in [-0.4, -0.2) is 37.0 Å². The molecule has 1 N–H and O–H groups in total. The molecule has 0 saturated heterocycles. The van der Waals surface area contributed by atoms with Gasteiger partial charge in [0.25, 0.3) is 0 Å². The van der Waals surface area contributed by atoms with Crippen LogP contribution in [0.3, 0.4) is 0 Å². The van der Waals surface area contributed by atoms with Crippen LogP contribution < -0.4 is 0 Å². The lowest BCUT2D eigenvalue weighted by molar-refractivity contribution is -0.154. The largest absolute Gasteiger partial charge is 0.457 e. The first kappa shape index (κ1) is 56.6. The van der Waals surface area contributed by atoms with Crippen molar-refractivity contribution in [1.29, 1.82) is 0 Å². The number of hydrogen-bond donors (Lipinski definition) is 1. The highest BCUT2D eigenvalue weighted by molar-refractivity contribution is 5.69. The van der Waals surface area contributed by atoms with E-state index in [4.69, 9.17) is 9.47 Å². The van der Waals surface area contributed by atoms with Gasteiger partial charge in [-0.05, 0) is 70.6 Å². The van der Waals surface area contributed by atoms with Gasteiger partial charge in [-0.2, -0.15) is 0 Å².